The van der Waals surface area contributed by atoms with Gasteiger partial charge in [0, 0.05) is 6.04 Å². The van der Waals surface area contributed by atoms with Gasteiger partial charge in [0.15, 0.2) is 0 Å². The summed E-state index contributed by atoms with van der Waals surface area (Å²) in [5.74, 6) is -0.264. The van der Waals surface area contributed by atoms with Gasteiger partial charge < -0.3 is 5.32 Å². The largest absolute Gasteiger partial charge is 0.310 e. The van der Waals surface area contributed by atoms with Gasteiger partial charge in [-0.3, -0.25) is 0 Å². The Bertz CT molecular complexity index is 634. The van der Waals surface area contributed by atoms with E-state index in [0.29, 0.717) is 20.9 Å². The summed E-state index contributed by atoms with van der Waals surface area (Å²) in [5.41, 5.74) is 1.97. The third-order valence-electron chi connectivity index (χ3n) is 3.23. The molecule has 0 aromatic heterocycles. The number of hydrogen-bond donors (Lipinski definition) is 1. The van der Waals surface area contributed by atoms with Crippen molar-refractivity contribution in [1.82, 2.24) is 5.32 Å². The quantitative estimate of drug-likeness (QED) is 0.681. The zero-order chi connectivity index (χ0) is 15.4. The summed E-state index contributed by atoms with van der Waals surface area (Å²) in [6, 6.07) is 10.7. The number of likely N-dealkylation sites (N-methyl/N-ethyl adjacent to an activating group) is 1. The van der Waals surface area contributed by atoms with Gasteiger partial charge in [-0.05, 0) is 58.2 Å². The van der Waals surface area contributed by atoms with Crippen molar-refractivity contribution < 1.29 is 4.39 Å². The van der Waals surface area contributed by atoms with Crippen molar-refractivity contribution >= 4 is 39.1 Å². The fraction of sp³-hybridized carbons (Fsp3) is 0.250. The maximum atomic E-state index is 13.3. The van der Waals surface area contributed by atoms with E-state index in [-0.39, 0.29) is 11.9 Å². The molecule has 1 unspecified atom stereocenters. The Morgan fingerprint density at radius 2 is 2.00 bits per heavy atom. The molecular formula is C16H15BrCl2FN. The minimum Gasteiger partial charge on any atom is -0.310 e. The van der Waals surface area contributed by atoms with Crippen molar-refractivity contribution in [2.45, 2.75) is 19.4 Å². The molecule has 0 saturated heterocycles. The van der Waals surface area contributed by atoms with Crippen molar-refractivity contribution in [3.05, 3.63) is 67.9 Å². The van der Waals surface area contributed by atoms with Crippen LogP contribution in [-0.2, 0) is 6.42 Å². The van der Waals surface area contributed by atoms with Gasteiger partial charge in [-0.25, -0.2) is 4.39 Å². The highest BCUT2D eigenvalue weighted by Crippen LogP contribution is 2.32. The first-order valence-electron chi connectivity index (χ1n) is 6.64. The molecule has 1 atom stereocenters. The number of benzene rings is 2. The van der Waals surface area contributed by atoms with Gasteiger partial charge in [0.2, 0.25) is 0 Å². The van der Waals surface area contributed by atoms with Gasteiger partial charge in [-0.2, -0.15) is 0 Å². The maximum Gasteiger partial charge on any atom is 0.137 e. The summed E-state index contributed by atoms with van der Waals surface area (Å²) in [6.45, 7) is 2.84. The monoisotopic (exact) mass is 389 g/mol. The van der Waals surface area contributed by atoms with Crippen LogP contribution in [0.25, 0.3) is 0 Å². The summed E-state index contributed by atoms with van der Waals surface area (Å²) in [7, 11) is 0. The minimum atomic E-state index is -0.264. The molecule has 1 N–H and O–H groups in total. The van der Waals surface area contributed by atoms with Gasteiger partial charge in [0.1, 0.15) is 5.82 Å². The Hall–Kier alpha value is -0.610. The van der Waals surface area contributed by atoms with Crippen LogP contribution in [0.4, 0.5) is 4.39 Å². The van der Waals surface area contributed by atoms with E-state index in [2.05, 4.69) is 21.2 Å². The van der Waals surface area contributed by atoms with Crippen LogP contribution in [0.2, 0.25) is 10.0 Å². The standard InChI is InChI=1S/C16H15BrCl2FN/c1-2-21-15(11-4-3-5-13(18)16(11)19)9-10-6-7-14(20)12(17)8-10/h3-8,15,21H,2,9H2,1H3. The van der Waals surface area contributed by atoms with E-state index in [9.17, 15) is 4.39 Å². The highest BCUT2D eigenvalue weighted by Gasteiger charge is 2.16. The van der Waals surface area contributed by atoms with Crippen molar-refractivity contribution in [1.29, 1.82) is 0 Å². The molecule has 1 nitrogen and oxygen atoms in total. The molecule has 112 valence electrons. The summed E-state index contributed by atoms with van der Waals surface area (Å²) < 4.78 is 13.8. The Labute approximate surface area is 142 Å². The van der Waals surface area contributed by atoms with Crippen molar-refractivity contribution in [3.63, 3.8) is 0 Å². The molecule has 0 spiro atoms. The summed E-state index contributed by atoms with van der Waals surface area (Å²) >= 11 is 15.6. The molecule has 0 aliphatic rings. The molecule has 21 heavy (non-hydrogen) atoms. The first-order chi connectivity index (χ1) is 10.0. The van der Waals surface area contributed by atoms with E-state index < -0.39 is 0 Å². The number of halogens is 4. The summed E-state index contributed by atoms with van der Waals surface area (Å²) in [6.07, 6.45) is 0.701. The SMILES string of the molecule is CCNC(Cc1ccc(F)c(Br)c1)c1cccc(Cl)c1Cl. The first-order valence-corrected chi connectivity index (χ1v) is 8.19. The van der Waals surface area contributed by atoms with Gasteiger partial charge in [0.05, 0.1) is 14.5 Å². The van der Waals surface area contributed by atoms with Crippen LogP contribution in [-0.4, -0.2) is 6.54 Å². The zero-order valence-electron chi connectivity index (χ0n) is 11.5. The lowest BCUT2D eigenvalue weighted by Crippen LogP contribution is -2.23. The number of rotatable bonds is 5. The molecule has 2 rings (SSSR count). The number of hydrogen-bond acceptors (Lipinski definition) is 1. The zero-order valence-corrected chi connectivity index (χ0v) is 14.6. The molecule has 0 radical (unpaired) electrons. The fourth-order valence-electron chi connectivity index (χ4n) is 2.23. The van der Waals surface area contributed by atoms with Gasteiger partial charge in [-0.1, -0.05) is 48.3 Å². The Morgan fingerprint density at radius 3 is 2.67 bits per heavy atom. The van der Waals surface area contributed by atoms with E-state index in [0.717, 1.165) is 17.7 Å². The molecule has 0 fully saturated rings. The second kappa shape index (κ2) is 7.59. The van der Waals surface area contributed by atoms with Crippen LogP contribution in [0, 0.1) is 5.82 Å². The molecule has 0 aliphatic heterocycles. The van der Waals surface area contributed by atoms with E-state index >= 15 is 0 Å². The Balaban J connectivity index is 2.30. The van der Waals surface area contributed by atoms with Gasteiger partial charge in [0.25, 0.3) is 0 Å². The molecule has 0 heterocycles. The van der Waals surface area contributed by atoms with Crippen molar-refractivity contribution in [2.24, 2.45) is 0 Å². The number of nitrogens with one attached hydrogen (secondary N) is 1. The van der Waals surface area contributed by atoms with Gasteiger partial charge in [-0.15, -0.1) is 0 Å². The average molecular weight is 391 g/mol. The summed E-state index contributed by atoms with van der Waals surface area (Å²) in [5, 5.41) is 4.50. The molecule has 0 saturated carbocycles. The lowest BCUT2D eigenvalue weighted by atomic mass is 9.98. The third kappa shape index (κ3) is 4.19. The fourth-order valence-corrected chi connectivity index (χ4v) is 3.10. The van der Waals surface area contributed by atoms with E-state index in [1.807, 2.05) is 19.1 Å². The smallest absolute Gasteiger partial charge is 0.137 e. The van der Waals surface area contributed by atoms with Crippen LogP contribution >= 0.6 is 39.1 Å². The second-order valence-corrected chi connectivity index (χ2v) is 6.35. The van der Waals surface area contributed by atoms with E-state index in [1.54, 1.807) is 18.2 Å². The van der Waals surface area contributed by atoms with Crippen LogP contribution in [0.1, 0.15) is 24.1 Å². The molecule has 0 amide bonds. The average Bonchev–Trinajstić information content (AvgIpc) is 2.45. The lowest BCUT2D eigenvalue weighted by Gasteiger charge is -2.20. The topological polar surface area (TPSA) is 12.0 Å². The minimum absolute atomic E-state index is 0.0264. The molecule has 2 aromatic carbocycles. The second-order valence-electron chi connectivity index (χ2n) is 4.71. The van der Waals surface area contributed by atoms with Gasteiger partial charge >= 0.3 is 0 Å². The third-order valence-corrected chi connectivity index (χ3v) is 4.67. The van der Waals surface area contributed by atoms with Crippen LogP contribution < -0.4 is 5.32 Å². The Kier molecular flexibility index (Phi) is 6.06. The predicted octanol–water partition coefficient (Wildman–Crippen LogP) is 5.79. The molecule has 5 heteroatoms. The summed E-state index contributed by atoms with van der Waals surface area (Å²) in [4.78, 5) is 0. The molecule has 0 aliphatic carbocycles. The van der Waals surface area contributed by atoms with Crippen LogP contribution in [0.15, 0.2) is 40.9 Å². The van der Waals surface area contributed by atoms with Crippen LogP contribution in [0.5, 0.6) is 0 Å². The maximum absolute atomic E-state index is 13.3. The first kappa shape index (κ1) is 16.8. The normalized spacial score (nSPS) is 12.4. The highest BCUT2D eigenvalue weighted by atomic mass is 79.9. The molecular weight excluding hydrogens is 376 g/mol. The lowest BCUT2D eigenvalue weighted by molar-refractivity contribution is 0.548. The van der Waals surface area contributed by atoms with E-state index in [1.165, 1.54) is 6.07 Å². The molecule has 2 aromatic rings. The predicted molar refractivity (Wildman–Crippen MR) is 90.7 cm³/mol. The Morgan fingerprint density at radius 1 is 1.24 bits per heavy atom. The van der Waals surface area contributed by atoms with Crippen molar-refractivity contribution in [2.75, 3.05) is 6.54 Å². The van der Waals surface area contributed by atoms with Crippen molar-refractivity contribution in [3.8, 4) is 0 Å². The molecule has 0 bridgehead atoms. The van der Waals surface area contributed by atoms with Crippen LogP contribution in [0.3, 0.4) is 0 Å². The van der Waals surface area contributed by atoms with E-state index in [4.69, 9.17) is 23.2 Å². The highest BCUT2D eigenvalue weighted by molar-refractivity contribution is 9.10.